The standard InChI is InChI=1S/C15H15IN2OS/c1-9-4-2-3-5-11(9)20-8-12-17-14(10-6-7-10)13(16)15(19)18-12/h2-5,10H,6-8H2,1H3,(H,17,18,19). The first-order valence-corrected chi connectivity index (χ1v) is 8.68. The van der Waals surface area contributed by atoms with Crippen LogP contribution in [0.5, 0.6) is 0 Å². The minimum Gasteiger partial charge on any atom is -0.309 e. The summed E-state index contributed by atoms with van der Waals surface area (Å²) >= 11 is 3.83. The van der Waals surface area contributed by atoms with Crippen molar-refractivity contribution in [3.63, 3.8) is 0 Å². The van der Waals surface area contributed by atoms with Crippen molar-refractivity contribution in [3.05, 3.63) is 55.3 Å². The summed E-state index contributed by atoms with van der Waals surface area (Å²) < 4.78 is 0.759. The molecule has 1 aromatic heterocycles. The van der Waals surface area contributed by atoms with Gasteiger partial charge in [-0.05, 0) is 54.0 Å². The highest BCUT2D eigenvalue weighted by Gasteiger charge is 2.28. The van der Waals surface area contributed by atoms with Crippen molar-refractivity contribution in [2.75, 3.05) is 0 Å². The van der Waals surface area contributed by atoms with E-state index < -0.39 is 0 Å². The predicted octanol–water partition coefficient (Wildman–Crippen LogP) is 3.85. The smallest absolute Gasteiger partial charge is 0.264 e. The molecule has 20 heavy (non-hydrogen) atoms. The van der Waals surface area contributed by atoms with Gasteiger partial charge in [0.2, 0.25) is 0 Å². The number of thioether (sulfide) groups is 1. The van der Waals surface area contributed by atoms with Crippen LogP contribution in [-0.4, -0.2) is 9.97 Å². The number of halogens is 1. The molecule has 1 aromatic carbocycles. The molecule has 0 spiro atoms. The molecule has 3 nitrogen and oxygen atoms in total. The molecule has 1 N–H and O–H groups in total. The van der Waals surface area contributed by atoms with Crippen LogP contribution in [0.1, 0.15) is 35.8 Å². The Balaban J connectivity index is 1.81. The van der Waals surface area contributed by atoms with Crippen LogP contribution in [0.4, 0.5) is 0 Å². The average Bonchev–Trinajstić information content (AvgIpc) is 3.26. The van der Waals surface area contributed by atoms with Gasteiger partial charge in [-0.1, -0.05) is 18.2 Å². The highest BCUT2D eigenvalue weighted by Crippen LogP contribution is 2.40. The maximum absolute atomic E-state index is 12.0. The summed E-state index contributed by atoms with van der Waals surface area (Å²) in [5.74, 6) is 1.99. The van der Waals surface area contributed by atoms with Crippen LogP contribution >= 0.6 is 34.4 Å². The Kier molecular flexibility index (Phi) is 4.16. The minimum atomic E-state index is 0.00267. The Morgan fingerprint density at radius 2 is 2.15 bits per heavy atom. The van der Waals surface area contributed by atoms with Gasteiger partial charge in [0.1, 0.15) is 5.82 Å². The van der Waals surface area contributed by atoms with Gasteiger partial charge < -0.3 is 4.98 Å². The van der Waals surface area contributed by atoms with Crippen molar-refractivity contribution in [1.29, 1.82) is 0 Å². The van der Waals surface area contributed by atoms with Crippen molar-refractivity contribution in [2.24, 2.45) is 0 Å². The van der Waals surface area contributed by atoms with Gasteiger partial charge in [-0.25, -0.2) is 4.98 Å². The number of aromatic amines is 1. The molecule has 104 valence electrons. The fourth-order valence-corrected chi connectivity index (χ4v) is 3.68. The summed E-state index contributed by atoms with van der Waals surface area (Å²) in [5, 5.41) is 0. The highest BCUT2D eigenvalue weighted by molar-refractivity contribution is 14.1. The normalized spacial score (nSPS) is 14.5. The summed E-state index contributed by atoms with van der Waals surface area (Å²) in [6.07, 6.45) is 2.33. The lowest BCUT2D eigenvalue weighted by Crippen LogP contribution is -2.17. The number of aryl methyl sites for hydroxylation is 1. The molecule has 0 saturated heterocycles. The van der Waals surface area contributed by atoms with Gasteiger partial charge in [0, 0.05) is 10.8 Å². The van der Waals surface area contributed by atoms with Crippen LogP contribution in [0.25, 0.3) is 0 Å². The van der Waals surface area contributed by atoms with Crippen molar-refractivity contribution in [2.45, 2.75) is 36.3 Å². The van der Waals surface area contributed by atoms with E-state index in [1.165, 1.54) is 10.5 Å². The monoisotopic (exact) mass is 398 g/mol. The van der Waals surface area contributed by atoms with Crippen LogP contribution in [0.3, 0.4) is 0 Å². The number of nitrogens with one attached hydrogen (secondary N) is 1. The Bertz CT molecular complexity index is 695. The lowest BCUT2D eigenvalue weighted by atomic mass is 10.2. The number of hydrogen-bond acceptors (Lipinski definition) is 3. The molecular formula is C15H15IN2OS. The van der Waals surface area contributed by atoms with Gasteiger partial charge in [-0.2, -0.15) is 0 Å². The number of benzene rings is 1. The third kappa shape index (κ3) is 3.09. The maximum atomic E-state index is 12.0. The average molecular weight is 398 g/mol. The third-order valence-electron chi connectivity index (χ3n) is 3.36. The van der Waals surface area contributed by atoms with Gasteiger partial charge in [0.15, 0.2) is 0 Å². The lowest BCUT2D eigenvalue weighted by Gasteiger charge is -2.07. The van der Waals surface area contributed by atoms with Gasteiger partial charge in [0.25, 0.3) is 5.56 Å². The van der Waals surface area contributed by atoms with E-state index in [4.69, 9.17) is 0 Å². The predicted molar refractivity (Wildman–Crippen MR) is 90.3 cm³/mol. The second kappa shape index (κ2) is 5.89. The zero-order chi connectivity index (χ0) is 14.1. The van der Waals surface area contributed by atoms with Gasteiger partial charge in [-0.15, -0.1) is 11.8 Å². The van der Waals surface area contributed by atoms with E-state index in [0.29, 0.717) is 11.7 Å². The molecule has 1 aliphatic carbocycles. The summed E-state index contributed by atoms with van der Waals surface area (Å²) in [4.78, 5) is 20.7. The first-order valence-electron chi connectivity index (χ1n) is 6.62. The fraction of sp³-hybridized carbons (Fsp3) is 0.333. The maximum Gasteiger partial charge on any atom is 0.264 e. The van der Waals surface area contributed by atoms with E-state index in [-0.39, 0.29) is 5.56 Å². The molecule has 0 bridgehead atoms. The molecule has 1 fully saturated rings. The molecule has 3 rings (SSSR count). The van der Waals surface area contributed by atoms with Crippen LogP contribution < -0.4 is 5.56 Å². The topological polar surface area (TPSA) is 45.8 Å². The van der Waals surface area contributed by atoms with Crippen LogP contribution in [0, 0.1) is 10.5 Å². The highest BCUT2D eigenvalue weighted by atomic mass is 127. The Morgan fingerprint density at radius 3 is 2.85 bits per heavy atom. The molecule has 2 aromatic rings. The van der Waals surface area contributed by atoms with Crippen LogP contribution in [-0.2, 0) is 5.75 Å². The van der Waals surface area contributed by atoms with Crippen LogP contribution in [0.2, 0.25) is 0 Å². The Hall–Kier alpha value is -0.820. The molecule has 0 aliphatic heterocycles. The summed E-state index contributed by atoms with van der Waals surface area (Å²) in [7, 11) is 0. The zero-order valence-electron chi connectivity index (χ0n) is 11.1. The molecule has 0 unspecified atom stereocenters. The molecule has 0 radical (unpaired) electrons. The summed E-state index contributed by atoms with van der Waals surface area (Å²) in [6.45, 7) is 2.10. The van der Waals surface area contributed by atoms with E-state index in [1.807, 2.05) is 12.1 Å². The second-order valence-corrected chi connectivity index (χ2v) is 7.14. The summed E-state index contributed by atoms with van der Waals surface area (Å²) in [6, 6.07) is 8.28. The van der Waals surface area contributed by atoms with E-state index in [1.54, 1.807) is 11.8 Å². The SMILES string of the molecule is Cc1ccccc1SCc1nc(C2CC2)c(I)c(=O)[nH]1. The number of H-pyrrole nitrogens is 1. The number of rotatable bonds is 4. The largest absolute Gasteiger partial charge is 0.309 e. The quantitative estimate of drug-likeness (QED) is 0.629. The second-order valence-electron chi connectivity index (χ2n) is 5.04. The lowest BCUT2D eigenvalue weighted by molar-refractivity contribution is 0.897. The number of nitrogens with zero attached hydrogens (tertiary/aromatic N) is 1. The first kappa shape index (κ1) is 14.1. The summed E-state index contributed by atoms with van der Waals surface area (Å²) in [5.41, 5.74) is 2.25. The zero-order valence-corrected chi connectivity index (χ0v) is 14.1. The molecule has 0 amide bonds. The van der Waals surface area contributed by atoms with Gasteiger partial charge in [-0.3, -0.25) is 4.79 Å². The number of hydrogen-bond donors (Lipinski definition) is 1. The van der Waals surface area contributed by atoms with E-state index in [9.17, 15) is 4.79 Å². The third-order valence-corrected chi connectivity index (χ3v) is 5.59. The van der Waals surface area contributed by atoms with Crippen LogP contribution in [0.15, 0.2) is 34.0 Å². The van der Waals surface area contributed by atoms with Gasteiger partial charge >= 0.3 is 0 Å². The molecule has 1 heterocycles. The molecule has 1 saturated carbocycles. The van der Waals surface area contributed by atoms with E-state index >= 15 is 0 Å². The minimum absolute atomic E-state index is 0.00267. The van der Waals surface area contributed by atoms with Crippen molar-refractivity contribution in [1.82, 2.24) is 9.97 Å². The van der Waals surface area contributed by atoms with Crippen molar-refractivity contribution >= 4 is 34.4 Å². The molecule has 5 heteroatoms. The number of aromatic nitrogens is 2. The van der Waals surface area contributed by atoms with Gasteiger partial charge in [0.05, 0.1) is 15.0 Å². The van der Waals surface area contributed by atoms with E-state index in [0.717, 1.165) is 27.9 Å². The Labute approximate surface area is 135 Å². The molecular weight excluding hydrogens is 383 g/mol. The van der Waals surface area contributed by atoms with Crippen molar-refractivity contribution < 1.29 is 0 Å². The Morgan fingerprint density at radius 1 is 1.40 bits per heavy atom. The first-order chi connectivity index (χ1) is 9.65. The van der Waals surface area contributed by atoms with Crippen molar-refractivity contribution in [3.8, 4) is 0 Å². The molecule has 1 aliphatic rings. The fourth-order valence-electron chi connectivity index (χ4n) is 2.08. The molecule has 0 atom stereocenters. The van der Waals surface area contributed by atoms with E-state index in [2.05, 4.69) is 51.6 Å².